The molecular weight excluding hydrogens is 242 g/mol. The van der Waals surface area contributed by atoms with Gasteiger partial charge in [-0.15, -0.1) is 0 Å². The van der Waals surface area contributed by atoms with Gasteiger partial charge in [-0.3, -0.25) is 4.79 Å². The van der Waals surface area contributed by atoms with Gasteiger partial charge < -0.3 is 15.8 Å². The molecule has 0 fully saturated rings. The van der Waals surface area contributed by atoms with Crippen LogP contribution in [0.2, 0.25) is 0 Å². The molecule has 1 rings (SSSR count). The Balaban J connectivity index is 3.15. The summed E-state index contributed by atoms with van der Waals surface area (Å²) in [6.07, 6.45) is 0.463. The van der Waals surface area contributed by atoms with Gasteiger partial charge >= 0.3 is 0 Å². The Morgan fingerprint density at radius 3 is 2.37 bits per heavy atom. The number of nitrogens with zero attached hydrogens (tertiary/aromatic N) is 2. The number of benzene rings is 1. The highest BCUT2D eigenvalue weighted by Crippen LogP contribution is 2.27. The third kappa shape index (κ3) is 2.86. The lowest BCUT2D eigenvalue weighted by atomic mass is 9.84. The van der Waals surface area contributed by atoms with E-state index in [1.165, 1.54) is 0 Å². The standard InChI is InChI=1S/C14H21N3O2/c1-4-14(3,12(15)16-19)13(18)17(5-2)11-9-7-6-8-10-11/h6-10,19H,4-5H2,1-3H3,(H2,15,16). The van der Waals surface area contributed by atoms with E-state index in [-0.39, 0.29) is 11.7 Å². The number of rotatable bonds is 5. The van der Waals surface area contributed by atoms with E-state index in [1.54, 1.807) is 11.8 Å². The molecule has 1 aromatic carbocycles. The van der Waals surface area contributed by atoms with E-state index in [0.717, 1.165) is 5.69 Å². The molecule has 0 radical (unpaired) electrons. The van der Waals surface area contributed by atoms with Crippen molar-refractivity contribution in [1.82, 2.24) is 0 Å². The van der Waals surface area contributed by atoms with Crippen LogP contribution in [-0.2, 0) is 4.79 Å². The minimum absolute atomic E-state index is 0.0608. The molecule has 0 aliphatic heterocycles. The van der Waals surface area contributed by atoms with Crippen LogP contribution in [0.15, 0.2) is 35.5 Å². The summed E-state index contributed by atoms with van der Waals surface area (Å²) in [5, 5.41) is 11.9. The normalized spacial score (nSPS) is 14.8. The first-order valence-electron chi connectivity index (χ1n) is 6.36. The Bertz CT molecular complexity index is 459. The molecule has 1 amide bonds. The lowest BCUT2D eigenvalue weighted by Gasteiger charge is -2.32. The first kappa shape index (κ1) is 15.0. The SMILES string of the molecule is CCN(C(=O)C(C)(CC)/C(N)=N/O)c1ccccc1. The molecule has 19 heavy (non-hydrogen) atoms. The zero-order chi connectivity index (χ0) is 14.5. The molecule has 3 N–H and O–H groups in total. The molecule has 0 heterocycles. The molecule has 1 unspecified atom stereocenters. The highest BCUT2D eigenvalue weighted by Gasteiger charge is 2.39. The highest BCUT2D eigenvalue weighted by molar-refractivity contribution is 6.12. The van der Waals surface area contributed by atoms with Crippen molar-refractivity contribution in [3.63, 3.8) is 0 Å². The van der Waals surface area contributed by atoms with Crippen molar-refractivity contribution in [2.75, 3.05) is 11.4 Å². The number of hydrogen-bond acceptors (Lipinski definition) is 3. The van der Waals surface area contributed by atoms with Gasteiger partial charge in [0.1, 0.15) is 5.41 Å². The largest absolute Gasteiger partial charge is 0.409 e. The molecule has 0 bridgehead atoms. The Morgan fingerprint density at radius 1 is 1.37 bits per heavy atom. The van der Waals surface area contributed by atoms with Gasteiger partial charge in [-0.25, -0.2) is 0 Å². The van der Waals surface area contributed by atoms with E-state index in [0.29, 0.717) is 13.0 Å². The van der Waals surface area contributed by atoms with Crippen LogP contribution in [-0.4, -0.2) is 23.5 Å². The highest BCUT2D eigenvalue weighted by atomic mass is 16.4. The Kier molecular flexibility index (Phi) is 4.92. The molecule has 0 aliphatic rings. The summed E-state index contributed by atoms with van der Waals surface area (Å²) in [6, 6.07) is 9.37. The van der Waals surface area contributed by atoms with Gasteiger partial charge in [-0.1, -0.05) is 30.3 Å². The van der Waals surface area contributed by atoms with Gasteiger partial charge in [-0.2, -0.15) is 0 Å². The summed E-state index contributed by atoms with van der Waals surface area (Å²) in [6.45, 7) is 5.95. The summed E-state index contributed by atoms with van der Waals surface area (Å²) in [4.78, 5) is 14.3. The summed E-state index contributed by atoms with van der Waals surface area (Å²) in [7, 11) is 0. The number of carbonyl (C=O) groups excluding carboxylic acids is 1. The van der Waals surface area contributed by atoms with Crippen LogP contribution in [0.3, 0.4) is 0 Å². The number of carbonyl (C=O) groups is 1. The van der Waals surface area contributed by atoms with Crippen LogP contribution in [0.1, 0.15) is 27.2 Å². The first-order chi connectivity index (χ1) is 9.01. The maximum atomic E-state index is 12.7. The maximum absolute atomic E-state index is 12.7. The fourth-order valence-corrected chi connectivity index (χ4v) is 1.90. The quantitative estimate of drug-likeness (QED) is 0.370. The molecule has 0 saturated heterocycles. The van der Waals surface area contributed by atoms with Gasteiger partial charge in [0.2, 0.25) is 5.91 Å². The van der Waals surface area contributed by atoms with E-state index in [9.17, 15) is 4.79 Å². The molecule has 0 aromatic heterocycles. The molecule has 5 heteroatoms. The van der Waals surface area contributed by atoms with Crippen molar-refractivity contribution in [3.05, 3.63) is 30.3 Å². The average molecular weight is 263 g/mol. The maximum Gasteiger partial charge on any atom is 0.240 e. The predicted molar refractivity (Wildman–Crippen MR) is 76.3 cm³/mol. The minimum Gasteiger partial charge on any atom is -0.409 e. The topological polar surface area (TPSA) is 78.9 Å². The third-order valence-electron chi connectivity index (χ3n) is 3.48. The number of hydrogen-bond donors (Lipinski definition) is 2. The fraction of sp³-hybridized carbons (Fsp3) is 0.429. The smallest absolute Gasteiger partial charge is 0.240 e. The average Bonchev–Trinajstić information content (AvgIpc) is 2.47. The van der Waals surface area contributed by atoms with Crippen molar-refractivity contribution in [3.8, 4) is 0 Å². The summed E-state index contributed by atoms with van der Waals surface area (Å²) >= 11 is 0. The van der Waals surface area contributed by atoms with E-state index in [2.05, 4.69) is 5.16 Å². The number of amides is 1. The van der Waals surface area contributed by atoms with Crippen LogP contribution in [0.25, 0.3) is 0 Å². The van der Waals surface area contributed by atoms with E-state index < -0.39 is 5.41 Å². The van der Waals surface area contributed by atoms with Crippen molar-refractivity contribution < 1.29 is 10.0 Å². The molecular formula is C14H21N3O2. The van der Waals surface area contributed by atoms with Crippen LogP contribution >= 0.6 is 0 Å². The lowest BCUT2D eigenvalue weighted by Crippen LogP contribution is -2.49. The second kappa shape index (κ2) is 6.22. The van der Waals surface area contributed by atoms with Crippen LogP contribution in [0, 0.1) is 5.41 Å². The molecule has 1 aromatic rings. The molecule has 1 atom stereocenters. The van der Waals surface area contributed by atoms with Gasteiger partial charge in [0, 0.05) is 12.2 Å². The van der Waals surface area contributed by atoms with Gasteiger partial charge in [0.15, 0.2) is 5.84 Å². The van der Waals surface area contributed by atoms with Crippen molar-refractivity contribution >= 4 is 17.4 Å². The monoisotopic (exact) mass is 263 g/mol. The van der Waals surface area contributed by atoms with Gasteiger partial charge in [0.25, 0.3) is 0 Å². The lowest BCUT2D eigenvalue weighted by molar-refractivity contribution is -0.124. The van der Waals surface area contributed by atoms with E-state index >= 15 is 0 Å². The number of para-hydroxylation sites is 1. The van der Waals surface area contributed by atoms with E-state index in [4.69, 9.17) is 10.9 Å². The Hall–Kier alpha value is -2.04. The minimum atomic E-state index is -0.999. The Labute approximate surface area is 113 Å². The predicted octanol–water partition coefficient (Wildman–Crippen LogP) is 2.20. The summed E-state index contributed by atoms with van der Waals surface area (Å²) in [5.41, 5.74) is 5.49. The second-order valence-electron chi connectivity index (χ2n) is 4.56. The van der Waals surface area contributed by atoms with Crippen molar-refractivity contribution in [2.45, 2.75) is 27.2 Å². The number of amidine groups is 1. The van der Waals surface area contributed by atoms with Crippen LogP contribution in [0.4, 0.5) is 5.69 Å². The van der Waals surface area contributed by atoms with Gasteiger partial charge in [-0.05, 0) is 32.4 Å². The number of oxime groups is 1. The van der Waals surface area contributed by atoms with Crippen molar-refractivity contribution in [2.24, 2.45) is 16.3 Å². The first-order valence-corrected chi connectivity index (χ1v) is 6.36. The van der Waals surface area contributed by atoms with E-state index in [1.807, 2.05) is 44.2 Å². The summed E-state index contributed by atoms with van der Waals surface area (Å²) in [5.74, 6) is -0.228. The van der Waals surface area contributed by atoms with Crippen LogP contribution < -0.4 is 10.6 Å². The van der Waals surface area contributed by atoms with Crippen molar-refractivity contribution in [1.29, 1.82) is 0 Å². The number of nitrogens with two attached hydrogens (primary N) is 1. The zero-order valence-corrected chi connectivity index (χ0v) is 11.6. The third-order valence-corrected chi connectivity index (χ3v) is 3.48. The Morgan fingerprint density at radius 2 is 1.95 bits per heavy atom. The van der Waals surface area contributed by atoms with Crippen LogP contribution in [0.5, 0.6) is 0 Å². The molecule has 0 aliphatic carbocycles. The number of anilines is 1. The summed E-state index contributed by atoms with van der Waals surface area (Å²) < 4.78 is 0. The second-order valence-corrected chi connectivity index (χ2v) is 4.56. The zero-order valence-electron chi connectivity index (χ0n) is 11.6. The molecule has 0 saturated carbocycles. The fourth-order valence-electron chi connectivity index (χ4n) is 1.90. The molecule has 5 nitrogen and oxygen atoms in total. The molecule has 104 valence electrons. The van der Waals surface area contributed by atoms with Gasteiger partial charge in [0.05, 0.1) is 0 Å². The molecule has 0 spiro atoms.